The van der Waals surface area contributed by atoms with E-state index >= 15 is 0 Å². The Bertz CT molecular complexity index is 992. The van der Waals surface area contributed by atoms with Crippen molar-refractivity contribution in [3.63, 3.8) is 0 Å². The first kappa shape index (κ1) is 21.3. The monoisotopic (exact) mass is 418 g/mol. The largest absolute Gasteiger partial charge is 0.325 e. The first-order valence-corrected chi connectivity index (χ1v) is 11.2. The molecule has 0 spiro atoms. The van der Waals surface area contributed by atoms with Crippen molar-refractivity contribution in [3.8, 4) is 0 Å². The molecule has 0 aromatic heterocycles. The van der Waals surface area contributed by atoms with E-state index in [0.717, 1.165) is 42.5 Å². The van der Waals surface area contributed by atoms with E-state index < -0.39 is 0 Å². The number of carbonyl (C=O) groups is 3. The predicted molar refractivity (Wildman–Crippen MR) is 121 cm³/mol. The zero-order valence-electron chi connectivity index (χ0n) is 18.5. The van der Waals surface area contributed by atoms with Gasteiger partial charge < -0.3 is 5.32 Å². The molecule has 5 heteroatoms. The van der Waals surface area contributed by atoms with Gasteiger partial charge in [-0.15, -0.1) is 0 Å². The first-order chi connectivity index (χ1) is 14.9. The second kappa shape index (κ2) is 8.66. The maximum atomic E-state index is 13.4. The number of nitrogens with zero attached hydrogens (tertiary/aromatic N) is 1. The van der Waals surface area contributed by atoms with E-state index in [2.05, 4.69) is 25.2 Å². The Kier molecular flexibility index (Phi) is 5.94. The average Bonchev–Trinajstić information content (AvgIpc) is 3.00. The summed E-state index contributed by atoms with van der Waals surface area (Å²) in [6, 6.07) is 13.0. The van der Waals surface area contributed by atoms with E-state index in [1.165, 1.54) is 4.90 Å². The number of nitrogens with one attached hydrogen (secondary N) is 1. The number of benzene rings is 2. The van der Waals surface area contributed by atoms with Crippen LogP contribution in [0.4, 0.5) is 5.69 Å². The van der Waals surface area contributed by atoms with Gasteiger partial charge in [0.15, 0.2) is 0 Å². The Morgan fingerprint density at radius 3 is 2.29 bits per heavy atom. The van der Waals surface area contributed by atoms with Crippen LogP contribution in [0.1, 0.15) is 77.3 Å². The van der Waals surface area contributed by atoms with Gasteiger partial charge in [-0.3, -0.25) is 19.3 Å². The number of hydrogen-bond donors (Lipinski definition) is 1. The third-order valence-corrected chi connectivity index (χ3v) is 6.72. The molecule has 31 heavy (non-hydrogen) atoms. The number of fused-ring (bicyclic) bond motifs is 1. The maximum Gasteiger partial charge on any atom is 0.261 e. The van der Waals surface area contributed by atoms with Crippen molar-refractivity contribution in [1.29, 1.82) is 0 Å². The number of imide groups is 1. The van der Waals surface area contributed by atoms with E-state index in [9.17, 15) is 14.4 Å². The van der Waals surface area contributed by atoms with Crippen molar-refractivity contribution in [2.75, 3.05) is 11.9 Å². The third kappa shape index (κ3) is 4.01. The van der Waals surface area contributed by atoms with Crippen LogP contribution in [-0.2, 0) is 4.79 Å². The van der Waals surface area contributed by atoms with Gasteiger partial charge in [0, 0.05) is 18.2 Å². The summed E-state index contributed by atoms with van der Waals surface area (Å²) in [7, 11) is 0. The quantitative estimate of drug-likeness (QED) is 0.682. The van der Waals surface area contributed by atoms with Gasteiger partial charge in [-0.1, -0.05) is 57.0 Å². The number of hydrogen-bond acceptors (Lipinski definition) is 3. The van der Waals surface area contributed by atoms with Crippen LogP contribution in [0.2, 0.25) is 0 Å². The summed E-state index contributed by atoms with van der Waals surface area (Å²) in [5.74, 6) is -0.425. The molecule has 2 aromatic rings. The number of rotatable bonds is 5. The van der Waals surface area contributed by atoms with Gasteiger partial charge in [0.05, 0.1) is 11.1 Å². The lowest BCUT2D eigenvalue weighted by Crippen LogP contribution is -2.41. The summed E-state index contributed by atoms with van der Waals surface area (Å²) < 4.78 is 0. The molecule has 1 N–H and O–H groups in total. The number of para-hydroxylation sites is 1. The molecular formula is C26H30N2O3. The molecule has 3 amide bonds. The van der Waals surface area contributed by atoms with E-state index in [0.29, 0.717) is 23.6 Å². The fourth-order valence-corrected chi connectivity index (χ4v) is 4.97. The van der Waals surface area contributed by atoms with Crippen molar-refractivity contribution in [2.24, 2.45) is 11.8 Å². The molecule has 2 unspecified atom stereocenters. The van der Waals surface area contributed by atoms with Crippen molar-refractivity contribution in [2.45, 2.75) is 52.4 Å². The van der Waals surface area contributed by atoms with E-state index in [-0.39, 0.29) is 29.6 Å². The molecule has 0 bridgehead atoms. The molecule has 1 aliphatic carbocycles. The zero-order chi connectivity index (χ0) is 22.1. The SMILES string of the molecule is Cc1cccc(C(C)C)c1NC(=O)C1CCCCC1CN1C(=O)c2ccccc2C1=O. The molecule has 4 rings (SSSR count). The minimum Gasteiger partial charge on any atom is -0.325 e. The highest BCUT2D eigenvalue weighted by atomic mass is 16.2. The van der Waals surface area contributed by atoms with Crippen LogP contribution in [0.3, 0.4) is 0 Å². The minimum absolute atomic E-state index is 0.00231. The van der Waals surface area contributed by atoms with Gasteiger partial charge in [-0.2, -0.15) is 0 Å². The maximum absolute atomic E-state index is 13.4. The fourth-order valence-electron chi connectivity index (χ4n) is 4.97. The molecule has 0 radical (unpaired) electrons. The Balaban J connectivity index is 1.53. The highest BCUT2D eigenvalue weighted by molar-refractivity contribution is 6.21. The van der Waals surface area contributed by atoms with Crippen LogP contribution >= 0.6 is 0 Å². The second-order valence-electron chi connectivity index (χ2n) is 9.10. The molecule has 1 fully saturated rings. The standard InChI is InChI=1S/C26H30N2O3/c1-16(2)19-14-8-9-17(3)23(19)27-24(29)20-11-5-4-10-18(20)15-28-25(30)21-12-6-7-13-22(21)26(28)31/h6-9,12-14,16,18,20H,4-5,10-11,15H2,1-3H3,(H,27,29). The lowest BCUT2D eigenvalue weighted by Gasteiger charge is -2.33. The predicted octanol–water partition coefficient (Wildman–Crippen LogP) is 5.16. The zero-order valence-corrected chi connectivity index (χ0v) is 18.5. The molecule has 5 nitrogen and oxygen atoms in total. The Morgan fingerprint density at radius 2 is 1.65 bits per heavy atom. The molecular weight excluding hydrogens is 388 g/mol. The Labute approximate surface area is 183 Å². The van der Waals surface area contributed by atoms with Gasteiger partial charge in [-0.05, 0) is 54.9 Å². The normalized spacial score (nSPS) is 20.8. The van der Waals surface area contributed by atoms with Gasteiger partial charge in [0.25, 0.3) is 11.8 Å². The molecule has 2 aromatic carbocycles. The Morgan fingerprint density at radius 1 is 1.00 bits per heavy atom. The van der Waals surface area contributed by atoms with Crippen LogP contribution in [0, 0.1) is 18.8 Å². The number of anilines is 1. The fraction of sp³-hybridized carbons (Fsp3) is 0.423. The molecule has 1 saturated carbocycles. The topological polar surface area (TPSA) is 66.5 Å². The summed E-state index contributed by atoms with van der Waals surface area (Å²) in [6.07, 6.45) is 3.62. The van der Waals surface area contributed by atoms with Gasteiger partial charge >= 0.3 is 0 Å². The van der Waals surface area contributed by atoms with Crippen LogP contribution in [0.25, 0.3) is 0 Å². The molecule has 2 atom stereocenters. The molecule has 162 valence electrons. The van der Waals surface area contributed by atoms with Crippen LogP contribution in [-0.4, -0.2) is 29.2 Å². The smallest absolute Gasteiger partial charge is 0.261 e. The van der Waals surface area contributed by atoms with E-state index in [1.54, 1.807) is 24.3 Å². The number of carbonyl (C=O) groups excluding carboxylic acids is 3. The average molecular weight is 419 g/mol. The molecule has 2 aliphatic rings. The summed E-state index contributed by atoms with van der Waals surface area (Å²) >= 11 is 0. The van der Waals surface area contributed by atoms with Crippen molar-refractivity contribution in [3.05, 3.63) is 64.7 Å². The molecule has 1 heterocycles. The van der Waals surface area contributed by atoms with E-state index in [1.807, 2.05) is 19.1 Å². The summed E-state index contributed by atoms with van der Waals surface area (Å²) in [4.78, 5) is 40.3. The highest BCUT2D eigenvalue weighted by Crippen LogP contribution is 2.35. The van der Waals surface area contributed by atoms with Crippen molar-refractivity contribution < 1.29 is 14.4 Å². The summed E-state index contributed by atoms with van der Waals surface area (Å²) in [5.41, 5.74) is 4.00. The second-order valence-corrected chi connectivity index (χ2v) is 9.10. The number of amides is 3. The Hall–Kier alpha value is -2.95. The highest BCUT2D eigenvalue weighted by Gasteiger charge is 2.40. The lowest BCUT2D eigenvalue weighted by molar-refractivity contribution is -0.122. The van der Waals surface area contributed by atoms with Crippen molar-refractivity contribution in [1.82, 2.24) is 4.90 Å². The van der Waals surface area contributed by atoms with Crippen molar-refractivity contribution >= 4 is 23.4 Å². The number of aryl methyl sites for hydroxylation is 1. The summed E-state index contributed by atoms with van der Waals surface area (Å²) in [5, 5.41) is 3.20. The van der Waals surface area contributed by atoms with Gasteiger partial charge in [0.2, 0.25) is 5.91 Å². The minimum atomic E-state index is -0.244. The van der Waals surface area contributed by atoms with Gasteiger partial charge in [-0.25, -0.2) is 0 Å². The van der Waals surface area contributed by atoms with Gasteiger partial charge in [0.1, 0.15) is 0 Å². The lowest BCUT2D eigenvalue weighted by atomic mass is 9.78. The van der Waals surface area contributed by atoms with E-state index in [4.69, 9.17) is 0 Å². The van der Waals surface area contributed by atoms with Crippen LogP contribution in [0.5, 0.6) is 0 Å². The first-order valence-electron chi connectivity index (χ1n) is 11.2. The molecule has 0 saturated heterocycles. The molecule has 1 aliphatic heterocycles. The van der Waals surface area contributed by atoms with Crippen LogP contribution in [0.15, 0.2) is 42.5 Å². The third-order valence-electron chi connectivity index (χ3n) is 6.72. The summed E-state index contributed by atoms with van der Waals surface area (Å²) in [6.45, 7) is 6.56. The van der Waals surface area contributed by atoms with Crippen LogP contribution < -0.4 is 5.32 Å².